The molecule has 4 nitrogen and oxygen atoms in total. The van der Waals surface area contributed by atoms with E-state index in [2.05, 4.69) is 12.2 Å². The highest BCUT2D eigenvalue weighted by molar-refractivity contribution is 7.91. The summed E-state index contributed by atoms with van der Waals surface area (Å²) in [6.07, 6.45) is 5.11. The van der Waals surface area contributed by atoms with E-state index in [9.17, 15) is 13.2 Å². The van der Waals surface area contributed by atoms with Crippen LogP contribution in [0.1, 0.15) is 39.0 Å². The highest BCUT2D eigenvalue weighted by Crippen LogP contribution is 2.49. The zero-order valence-electron chi connectivity index (χ0n) is 13.9. The number of hydrogen-bond acceptors (Lipinski definition) is 3. The van der Waals surface area contributed by atoms with E-state index in [1.807, 2.05) is 0 Å². The predicted molar refractivity (Wildman–Crippen MR) is 94.7 cm³/mol. The maximum Gasteiger partial charge on any atom is 0.221 e. The molecule has 2 aliphatic carbocycles. The standard InChI is InChI=1S/C18H24ClNO3S/c1-12(17-11-13-2-3-14(17)10-13)20-18(21)8-9-24(22,23)16-6-4-15(19)5-7-16/h4-7,12-14,17H,2-3,8-11H2,1H3,(H,20,21). The highest BCUT2D eigenvalue weighted by atomic mass is 35.5. The molecule has 3 rings (SSSR count). The van der Waals surface area contributed by atoms with Crippen molar-refractivity contribution < 1.29 is 13.2 Å². The van der Waals surface area contributed by atoms with E-state index < -0.39 is 9.84 Å². The second kappa shape index (κ2) is 7.04. The number of fused-ring (bicyclic) bond motifs is 2. The molecule has 0 aromatic heterocycles. The summed E-state index contributed by atoms with van der Waals surface area (Å²) in [4.78, 5) is 12.4. The van der Waals surface area contributed by atoms with Gasteiger partial charge in [0.2, 0.25) is 5.91 Å². The zero-order chi connectivity index (χ0) is 17.3. The summed E-state index contributed by atoms with van der Waals surface area (Å²) < 4.78 is 24.5. The molecule has 1 N–H and O–H groups in total. The molecule has 0 heterocycles. The van der Waals surface area contributed by atoms with Crippen LogP contribution in [0.25, 0.3) is 0 Å². The van der Waals surface area contributed by atoms with Crippen LogP contribution in [0.5, 0.6) is 0 Å². The Labute approximate surface area is 148 Å². The Morgan fingerprint density at radius 1 is 1.25 bits per heavy atom. The number of rotatable bonds is 6. The zero-order valence-corrected chi connectivity index (χ0v) is 15.4. The van der Waals surface area contributed by atoms with Gasteiger partial charge in [-0.1, -0.05) is 18.0 Å². The van der Waals surface area contributed by atoms with Gasteiger partial charge in [-0.25, -0.2) is 8.42 Å². The van der Waals surface area contributed by atoms with Gasteiger partial charge in [0.25, 0.3) is 0 Å². The first-order chi connectivity index (χ1) is 11.3. The molecule has 0 radical (unpaired) electrons. The topological polar surface area (TPSA) is 63.2 Å². The van der Waals surface area contributed by atoms with Crippen LogP contribution in [0.2, 0.25) is 5.02 Å². The van der Waals surface area contributed by atoms with Crippen molar-refractivity contribution in [2.45, 2.75) is 50.0 Å². The molecule has 0 spiro atoms. The van der Waals surface area contributed by atoms with Crippen LogP contribution < -0.4 is 5.32 Å². The molecule has 132 valence electrons. The van der Waals surface area contributed by atoms with Gasteiger partial charge in [-0.2, -0.15) is 0 Å². The number of carbonyl (C=O) groups is 1. The van der Waals surface area contributed by atoms with Crippen molar-refractivity contribution >= 4 is 27.3 Å². The van der Waals surface area contributed by atoms with E-state index in [1.165, 1.54) is 37.8 Å². The Balaban J connectivity index is 1.51. The molecule has 2 bridgehead atoms. The summed E-state index contributed by atoms with van der Waals surface area (Å²) in [7, 11) is -3.45. The third kappa shape index (κ3) is 3.94. The van der Waals surface area contributed by atoms with Crippen LogP contribution >= 0.6 is 11.6 Å². The van der Waals surface area contributed by atoms with Gasteiger partial charge < -0.3 is 5.32 Å². The van der Waals surface area contributed by atoms with Gasteiger partial charge in [-0.15, -0.1) is 0 Å². The molecular formula is C18H24ClNO3S. The summed E-state index contributed by atoms with van der Waals surface area (Å²) in [6.45, 7) is 2.05. The molecule has 0 saturated heterocycles. The van der Waals surface area contributed by atoms with Crippen molar-refractivity contribution in [3.63, 3.8) is 0 Å². The maximum atomic E-state index is 12.3. The van der Waals surface area contributed by atoms with Gasteiger partial charge in [0.05, 0.1) is 10.6 Å². The smallest absolute Gasteiger partial charge is 0.221 e. The predicted octanol–water partition coefficient (Wildman–Crippen LogP) is 3.44. The van der Waals surface area contributed by atoms with E-state index in [4.69, 9.17) is 11.6 Å². The van der Waals surface area contributed by atoms with Gasteiger partial charge >= 0.3 is 0 Å². The minimum Gasteiger partial charge on any atom is -0.353 e. The minimum atomic E-state index is -3.45. The lowest BCUT2D eigenvalue weighted by atomic mass is 9.84. The van der Waals surface area contributed by atoms with Crippen LogP contribution in [0.4, 0.5) is 0 Å². The number of halogens is 1. The molecule has 0 aliphatic heterocycles. The first kappa shape index (κ1) is 17.7. The van der Waals surface area contributed by atoms with E-state index in [0.717, 1.165) is 11.8 Å². The lowest BCUT2D eigenvalue weighted by Gasteiger charge is -2.28. The monoisotopic (exact) mass is 369 g/mol. The van der Waals surface area contributed by atoms with Gasteiger partial charge in [0, 0.05) is 17.5 Å². The fraction of sp³-hybridized carbons (Fsp3) is 0.611. The summed E-state index contributed by atoms with van der Waals surface area (Å²) in [5, 5.41) is 3.51. The average Bonchev–Trinajstić information content (AvgIpc) is 3.16. The van der Waals surface area contributed by atoms with E-state index in [-0.39, 0.29) is 29.0 Å². The molecule has 2 fully saturated rings. The third-order valence-corrected chi connectivity index (χ3v) is 7.58. The molecule has 2 aliphatic rings. The number of nitrogens with one attached hydrogen (secondary N) is 1. The van der Waals surface area contributed by atoms with Crippen LogP contribution in [0.15, 0.2) is 29.2 Å². The van der Waals surface area contributed by atoms with E-state index in [0.29, 0.717) is 10.9 Å². The number of amides is 1. The molecule has 4 unspecified atom stereocenters. The summed E-state index contributed by atoms with van der Waals surface area (Å²) in [5.41, 5.74) is 0. The van der Waals surface area contributed by atoms with Crippen molar-refractivity contribution in [2.24, 2.45) is 17.8 Å². The molecule has 24 heavy (non-hydrogen) atoms. The number of hydrogen-bond donors (Lipinski definition) is 1. The summed E-state index contributed by atoms with van der Waals surface area (Å²) in [6, 6.07) is 6.18. The number of carbonyl (C=O) groups excluding carboxylic acids is 1. The first-order valence-electron chi connectivity index (χ1n) is 8.63. The van der Waals surface area contributed by atoms with Gasteiger partial charge in [0.15, 0.2) is 9.84 Å². The van der Waals surface area contributed by atoms with Crippen LogP contribution in [0, 0.1) is 17.8 Å². The molecule has 1 aromatic carbocycles. The molecule has 2 saturated carbocycles. The molecule has 1 amide bonds. The Morgan fingerprint density at radius 3 is 2.54 bits per heavy atom. The Morgan fingerprint density at radius 2 is 1.96 bits per heavy atom. The van der Waals surface area contributed by atoms with Crippen molar-refractivity contribution in [2.75, 3.05) is 5.75 Å². The Kier molecular flexibility index (Phi) is 5.21. The van der Waals surface area contributed by atoms with Crippen LogP contribution in [0.3, 0.4) is 0 Å². The van der Waals surface area contributed by atoms with Crippen molar-refractivity contribution in [1.29, 1.82) is 0 Å². The lowest BCUT2D eigenvalue weighted by Crippen LogP contribution is -2.40. The number of sulfone groups is 1. The van der Waals surface area contributed by atoms with Gasteiger partial charge in [0.1, 0.15) is 0 Å². The van der Waals surface area contributed by atoms with Gasteiger partial charge in [-0.05, 0) is 68.2 Å². The highest BCUT2D eigenvalue weighted by Gasteiger charge is 2.42. The lowest BCUT2D eigenvalue weighted by molar-refractivity contribution is -0.121. The van der Waals surface area contributed by atoms with Crippen molar-refractivity contribution in [1.82, 2.24) is 5.32 Å². The second-order valence-electron chi connectivity index (χ2n) is 7.22. The first-order valence-corrected chi connectivity index (χ1v) is 10.7. The van der Waals surface area contributed by atoms with E-state index in [1.54, 1.807) is 12.1 Å². The van der Waals surface area contributed by atoms with Crippen molar-refractivity contribution in [3.8, 4) is 0 Å². The fourth-order valence-electron chi connectivity index (χ4n) is 4.33. The quantitative estimate of drug-likeness (QED) is 0.835. The van der Waals surface area contributed by atoms with Crippen molar-refractivity contribution in [3.05, 3.63) is 29.3 Å². The molecule has 1 aromatic rings. The minimum absolute atomic E-state index is 0.00385. The second-order valence-corrected chi connectivity index (χ2v) is 9.76. The third-order valence-electron chi connectivity index (χ3n) is 5.59. The van der Waals surface area contributed by atoms with Crippen LogP contribution in [-0.4, -0.2) is 26.1 Å². The molecular weight excluding hydrogens is 346 g/mol. The normalized spacial score (nSPS) is 27.2. The van der Waals surface area contributed by atoms with Crippen LogP contribution in [-0.2, 0) is 14.6 Å². The SMILES string of the molecule is CC(NC(=O)CCS(=O)(=O)c1ccc(Cl)cc1)C1CC2CCC1C2. The fourth-order valence-corrected chi connectivity index (χ4v) is 5.69. The Bertz CT molecular complexity index is 701. The largest absolute Gasteiger partial charge is 0.353 e. The van der Waals surface area contributed by atoms with Gasteiger partial charge in [-0.3, -0.25) is 4.79 Å². The average molecular weight is 370 g/mol. The molecule has 4 atom stereocenters. The Hall–Kier alpha value is -1.07. The molecule has 6 heteroatoms. The van der Waals surface area contributed by atoms with E-state index >= 15 is 0 Å². The summed E-state index contributed by atoms with van der Waals surface area (Å²) in [5.74, 6) is 1.78. The number of benzene rings is 1. The maximum absolute atomic E-state index is 12.3. The summed E-state index contributed by atoms with van der Waals surface area (Å²) >= 11 is 5.78.